The van der Waals surface area contributed by atoms with Crippen LogP contribution in [0.3, 0.4) is 0 Å². The van der Waals surface area contributed by atoms with Crippen molar-refractivity contribution in [3.8, 4) is 0 Å². The summed E-state index contributed by atoms with van der Waals surface area (Å²) < 4.78 is 0. The average molecular weight is 219 g/mol. The van der Waals surface area contributed by atoms with Crippen LogP contribution >= 0.6 is 0 Å². The second-order valence-corrected chi connectivity index (χ2v) is 4.82. The zero-order chi connectivity index (χ0) is 11.5. The number of para-hydroxylation sites is 1. The highest BCUT2D eigenvalue weighted by molar-refractivity contribution is 5.55. The minimum atomic E-state index is 0.484. The highest BCUT2D eigenvalue weighted by atomic mass is 15.4. The Morgan fingerprint density at radius 1 is 1.38 bits per heavy atom. The predicted molar refractivity (Wildman–Crippen MR) is 68.4 cm³/mol. The van der Waals surface area contributed by atoms with Gasteiger partial charge in [-0.25, -0.2) is 5.84 Å². The first kappa shape index (κ1) is 11.4. The van der Waals surface area contributed by atoms with Crippen LogP contribution in [0.2, 0.25) is 0 Å². The Morgan fingerprint density at radius 3 is 2.88 bits per heavy atom. The molecular formula is C13H21N3. The summed E-state index contributed by atoms with van der Waals surface area (Å²) in [5, 5.41) is 1.96. The molecule has 0 unspecified atom stereocenters. The Balaban J connectivity index is 2.06. The van der Waals surface area contributed by atoms with Gasteiger partial charge in [-0.1, -0.05) is 18.2 Å². The fourth-order valence-electron chi connectivity index (χ4n) is 2.32. The molecule has 16 heavy (non-hydrogen) atoms. The molecule has 0 amide bonds. The van der Waals surface area contributed by atoms with Crippen molar-refractivity contribution in [2.45, 2.75) is 25.3 Å². The van der Waals surface area contributed by atoms with Gasteiger partial charge in [-0.2, -0.15) is 0 Å². The molecule has 3 nitrogen and oxygen atoms in total. The van der Waals surface area contributed by atoms with E-state index in [1.54, 1.807) is 0 Å². The quantitative estimate of drug-likeness (QED) is 0.784. The highest BCUT2D eigenvalue weighted by Crippen LogP contribution is 2.29. The summed E-state index contributed by atoms with van der Waals surface area (Å²) in [5.74, 6) is 6.19. The Hall–Kier alpha value is -1.06. The van der Waals surface area contributed by atoms with Crippen molar-refractivity contribution >= 4 is 5.69 Å². The summed E-state index contributed by atoms with van der Waals surface area (Å²) in [7, 11) is 4.22. The Bertz CT molecular complexity index is 349. The number of fused-ring (bicyclic) bond motifs is 1. The summed E-state index contributed by atoms with van der Waals surface area (Å²) in [5.41, 5.74) is 2.59. The van der Waals surface area contributed by atoms with Crippen LogP contribution in [0.15, 0.2) is 24.3 Å². The molecule has 0 saturated carbocycles. The minimum absolute atomic E-state index is 0.484. The summed E-state index contributed by atoms with van der Waals surface area (Å²) >= 11 is 0. The fourth-order valence-corrected chi connectivity index (χ4v) is 2.32. The number of rotatable bonds is 3. The van der Waals surface area contributed by atoms with Gasteiger partial charge in [0.2, 0.25) is 0 Å². The molecule has 1 aliphatic rings. The molecule has 1 aromatic rings. The molecule has 2 rings (SSSR count). The lowest BCUT2D eigenvalue weighted by molar-refractivity contribution is 0.364. The number of nitrogens with zero attached hydrogens (tertiary/aromatic N) is 2. The molecule has 1 atom stereocenters. The van der Waals surface area contributed by atoms with E-state index in [4.69, 9.17) is 5.84 Å². The molecule has 1 heterocycles. The average Bonchev–Trinajstić information content (AvgIpc) is 2.28. The van der Waals surface area contributed by atoms with Crippen molar-refractivity contribution in [3.05, 3.63) is 29.8 Å². The van der Waals surface area contributed by atoms with Gasteiger partial charge in [0.1, 0.15) is 0 Å². The maximum Gasteiger partial charge on any atom is 0.0552 e. The standard InChI is InChI=1S/C13H21N3/c1-15(2)10-9-12-8-7-11-5-3-4-6-13(11)16(12)14/h3-6,12H,7-10,14H2,1-2H3/t12-/m0/s1. The van der Waals surface area contributed by atoms with Crippen LogP contribution < -0.4 is 10.9 Å². The SMILES string of the molecule is CN(C)CC[C@@H]1CCc2ccccc2N1N. The Kier molecular flexibility index (Phi) is 3.46. The molecule has 0 saturated heterocycles. The number of hydrogen-bond acceptors (Lipinski definition) is 3. The zero-order valence-electron chi connectivity index (χ0n) is 10.2. The third-order valence-electron chi connectivity index (χ3n) is 3.32. The number of benzene rings is 1. The van der Waals surface area contributed by atoms with Gasteiger partial charge in [0.25, 0.3) is 0 Å². The van der Waals surface area contributed by atoms with Gasteiger partial charge in [0.05, 0.1) is 5.69 Å². The zero-order valence-corrected chi connectivity index (χ0v) is 10.2. The number of aryl methyl sites for hydroxylation is 1. The molecule has 0 radical (unpaired) electrons. The third kappa shape index (κ3) is 2.36. The van der Waals surface area contributed by atoms with Crippen molar-refractivity contribution in [2.75, 3.05) is 25.6 Å². The van der Waals surface area contributed by atoms with E-state index < -0.39 is 0 Å². The van der Waals surface area contributed by atoms with Crippen molar-refractivity contribution in [3.63, 3.8) is 0 Å². The van der Waals surface area contributed by atoms with Gasteiger partial charge >= 0.3 is 0 Å². The number of hydrogen-bond donors (Lipinski definition) is 1. The normalized spacial score (nSPS) is 20.0. The van der Waals surface area contributed by atoms with Crippen molar-refractivity contribution in [1.29, 1.82) is 0 Å². The minimum Gasteiger partial charge on any atom is -0.309 e. The largest absolute Gasteiger partial charge is 0.309 e. The topological polar surface area (TPSA) is 32.5 Å². The van der Waals surface area contributed by atoms with Crippen LogP contribution in [0.5, 0.6) is 0 Å². The molecule has 0 bridgehead atoms. The second-order valence-electron chi connectivity index (χ2n) is 4.82. The molecule has 3 heteroatoms. The first-order valence-corrected chi connectivity index (χ1v) is 5.95. The van der Waals surface area contributed by atoms with Crippen LogP contribution in [-0.2, 0) is 6.42 Å². The molecule has 2 N–H and O–H groups in total. The fraction of sp³-hybridized carbons (Fsp3) is 0.538. The lowest BCUT2D eigenvalue weighted by atomic mass is 9.95. The molecule has 0 fully saturated rings. The van der Waals surface area contributed by atoms with E-state index in [0.29, 0.717) is 6.04 Å². The van der Waals surface area contributed by atoms with E-state index in [-0.39, 0.29) is 0 Å². The molecule has 1 aliphatic heterocycles. The van der Waals surface area contributed by atoms with Crippen LogP contribution in [0.1, 0.15) is 18.4 Å². The maximum absolute atomic E-state index is 6.19. The highest BCUT2D eigenvalue weighted by Gasteiger charge is 2.23. The summed E-state index contributed by atoms with van der Waals surface area (Å²) in [6, 6.07) is 8.94. The first-order valence-electron chi connectivity index (χ1n) is 5.95. The van der Waals surface area contributed by atoms with Gasteiger partial charge in [0, 0.05) is 6.04 Å². The number of nitrogens with two attached hydrogens (primary N) is 1. The van der Waals surface area contributed by atoms with Gasteiger partial charge in [0.15, 0.2) is 0 Å². The smallest absolute Gasteiger partial charge is 0.0552 e. The van der Waals surface area contributed by atoms with E-state index in [1.807, 2.05) is 5.01 Å². The lowest BCUT2D eigenvalue weighted by Crippen LogP contribution is -2.45. The lowest BCUT2D eigenvalue weighted by Gasteiger charge is -2.35. The van der Waals surface area contributed by atoms with Crippen LogP contribution in [-0.4, -0.2) is 31.6 Å². The summed E-state index contributed by atoms with van der Waals surface area (Å²) in [6.07, 6.45) is 3.46. The molecule has 88 valence electrons. The monoisotopic (exact) mass is 219 g/mol. The first-order chi connectivity index (χ1) is 7.68. The van der Waals surface area contributed by atoms with Gasteiger partial charge in [-0.3, -0.25) is 0 Å². The summed E-state index contributed by atoms with van der Waals surface area (Å²) in [4.78, 5) is 2.22. The van der Waals surface area contributed by atoms with E-state index in [9.17, 15) is 0 Å². The number of anilines is 1. The molecule has 0 spiro atoms. The molecule has 0 aliphatic carbocycles. The van der Waals surface area contributed by atoms with E-state index >= 15 is 0 Å². The maximum atomic E-state index is 6.19. The van der Waals surface area contributed by atoms with E-state index in [2.05, 4.69) is 43.3 Å². The van der Waals surface area contributed by atoms with Gasteiger partial charge in [-0.15, -0.1) is 0 Å². The van der Waals surface area contributed by atoms with Crippen LogP contribution in [0.25, 0.3) is 0 Å². The summed E-state index contributed by atoms with van der Waals surface area (Å²) in [6.45, 7) is 1.10. The van der Waals surface area contributed by atoms with Gasteiger partial charge < -0.3 is 9.91 Å². The van der Waals surface area contributed by atoms with Crippen LogP contribution in [0.4, 0.5) is 5.69 Å². The van der Waals surface area contributed by atoms with Crippen molar-refractivity contribution < 1.29 is 0 Å². The molecule has 0 aromatic heterocycles. The Morgan fingerprint density at radius 2 is 2.12 bits per heavy atom. The number of hydrazine groups is 1. The second kappa shape index (κ2) is 4.85. The van der Waals surface area contributed by atoms with E-state index in [0.717, 1.165) is 19.4 Å². The van der Waals surface area contributed by atoms with Crippen molar-refractivity contribution in [1.82, 2.24) is 4.90 Å². The Labute approximate surface area is 97.8 Å². The van der Waals surface area contributed by atoms with E-state index in [1.165, 1.54) is 17.7 Å². The molecule has 1 aromatic carbocycles. The molecular weight excluding hydrogens is 198 g/mol. The predicted octanol–water partition coefficient (Wildman–Crippen LogP) is 1.63. The third-order valence-corrected chi connectivity index (χ3v) is 3.32. The van der Waals surface area contributed by atoms with Crippen molar-refractivity contribution in [2.24, 2.45) is 5.84 Å². The van der Waals surface area contributed by atoms with Crippen LogP contribution in [0, 0.1) is 0 Å². The van der Waals surface area contributed by atoms with Gasteiger partial charge in [-0.05, 0) is 51.5 Å².